The van der Waals surface area contributed by atoms with Crippen molar-refractivity contribution in [2.24, 2.45) is 10.8 Å². The third-order valence-electron chi connectivity index (χ3n) is 3.70. The molecule has 0 saturated heterocycles. The summed E-state index contributed by atoms with van der Waals surface area (Å²) in [6.07, 6.45) is -0.677. The fourth-order valence-corrected chi connectivity index (χ4v) is 5.15. The Balaban J connectivity index is 2.41. The third-order valence-corrected chi connectivity index (χ3v) is 6.99. The van der Waals surface area contributed by atoms with E-state index in [4.69, 9.17) is 10.5 Å². The molecular weight excluding hydrogens is 337 g/mol. The summed E-state index contributed by atoms with van der Waals surface area (Å²) in [5, 5.41) is 5.23. The summed E-state index contributed by atoms with van der Waals surface area (Å²) in [4.78, 5) is 11.4. The molecule has 1 unspecified atom stereocenters. The Kier molecular flexibility index (Phi) is 6.51. The molecule has 2 rings (SSSR count). The predicted octanol–water partition coefficient (Wildman–Crippen LogP) is 2.41. The first-order valence-corrected chi connectivity index (χ1v) is 9.71. The van der Waals surface area contributed by atoms with Crippen molar-refractivity contribution in [1.29, 1.82) is 0 Å². The standard InChI is InChI=1S/C18H22N3O3P/c1-3-24-18(22)21-20-14(2)17(19)25(23,15-10-6-4-7-11-15)16-12-8-5-9-13-16/h4-13,17H,3,19H2,1-2H3,(H,21,22)/b20-14+. The van der Waals surface area contributed by atoms with Crippen molar-refractivity contribution in [3.63, 3.8) is 0 Å². The lowest BCUT2D eigenvalue weighted by molar-refractivity contribution is 0.152. The number of rotatable bonds is 6. The monoisotopic (exact) mass is 359 g/mol. The molecule has 0 spiro atoms. The summed E-state index contributed by atoms with van der Waals surface area (Å²) in [5.41, 5.74) is 8.95. The Morgan fingerprint density at radius 1 is 1.12 bits per heavy atom. The second-order valence-corrected chi connectivity index (χ2v) is 8.26. The number of nitrogens with zero attached hydrogens (tertiary/aromatic N) is 1. The van der Waals surface area contributed by atoms with Crippen molar-refractivity contribution in [3.8, 4) is 0 Å². The van der Waals surface area contributed by atoms with Crippen LogP contribution >= 0.6 is 7.14 Å². The molecule has 0 saturated carbocycles. The summed E-state index contributed by atoms with van der Waals surface area (Å²) >= 11 is 0. The van der Waals surface area contributed by atoms with Gasteiger partial charge in [-0.1, -0.05) is 60.7 Å². The Hall–Kier alpha value is -2.43. The van der Waals surface area contributed by atoms with E-state index in [1.54, 1.807) is 38.1 Å². The molecule has 1 amide bonds. The smallest absolute Gasteiger partial charge is 0.427 e. The molecule has 0 fully saturated rings. The Morgan fingerprint density at radius 3 is 2.04 bits per heavy atom. The van der Waals surface area contributed by atoms with E-state index in [1.807, 2.05) is 36.4 Å². The maximum atomic E-state index is 14.0. The number of hydrogen-bond donors (Lipinski definition) is 2. The largest absolute Gasteiger partial charge is 0.449 e. The Morgan fingerprint density at radius 2 is 1.60 bits per heavy atom. The lowest BCUT2D eigenvalue weighted by Gasteiger charge is -2.25. The normalized spacial score (nSPS) is 13.2. The molecule has 0 aromatic heterocycles. The van der Waals surface area contributed by atoms with Crippen LogP contribution in [-0.2, 0) is 9.30 Å². The molecule has 0 bridgehead atoms. The van der Waals surface area contributed by atoms with Gasteiger partial charge in [-0.05, 0) is 13.8 Å². The zero-order chi connectivity index (χ0) is 18.3. The quantitative estimate of drug-likeness (QED) is 0.470. The van der Waals surface area contributed by atoms with Crippen molar-refractivity contribution >= 4 is 29.6 Å². The molecule has 0 radical (unpaired) electrons. The number of carbonyl (C=O) groups is 1. The van der Waals surface area contributed by atoms with Crippen molar-refractivity contribution < 1.29 is 14.1 Å². The van der Waals surface area contributed by atoms with Gasteiger partial charge in [0.25, 0.3) is 0 Å². The number of benzene rings is 2. The van der Waals surface area contributed by atoms with Gasteiger partial charge in [-0.15, -0.1) is 0 Å². The minimum Gasteiger partial charge on any atom is -0.449 e. The van der Waals surface area contributed by atoms with Crippen LogP contribution in [0.4, 0.5) is 4.79 Å². The molecule has 3 N–H and O–H groups in total. The average Bonchev–Trinajstić information content (AvgIpc) is 2.66. The van der Waals surface area contributed by atoms with Crippen LogP contribution in [0, 0.1) is 0 Å². The number of carbonyl (C=O) groups excluding carboxylic acids is 1. The van der Waals surface area contributed by atoms with Crippen LogP contribution < -0.4 is 21.8 Å². The molecule has 2 aromatic rings. The summed E-state index contributed by atoms with van der Waals surface area (Å²) < 4.78 is 18.7. The average molecular weight is 359 g/mol. The second kappa shape index (κ2) is 8.60. The molecule has 7 heteroatoms. The first-order valence-electron chi connectivity index (χ1n) is 7.93. The molecule has 25 heavy (non-hydrogen) atoms. The molecule has 0 aliphatic heterocycles. The van der Waals surface area contributed by atoms with Gasteiger partial charge in [0.05, 0.1) is 12.3 Å². The van der Waals surface area contributed by atoms with E-state index in [-0.39, 0.29) is 6.61 Å². The number of hydrogen-bond acceptors (Lipinski definition) is 5. The van der Waals surface area contributed by atoms with Crippen molar-refractivity contribution in [1.82, 2.24) is 5.43 Å². The van der Waals surface area contributed by atoms with Crippen molar-refractivity contribution in [3.05, 3.63) is 60.7 Å². The van der Waals surface area contributed by atoms with Crippen LogP contribution in [-0.4, -0.2) is 24.2 Å². The number of hydrazone groups is 1. The molecule has 0 aliphatic rings. The summed E-state index contributed by atoms with van der Waals surface area (Å²) in [7, 11) is -3.19. The van der Waals surface area contributed by atoms with E-state index < -0.39 is 19.0 Å². The molecule has 0 aliphatic carbocycles. The van der Waals surface area contributed by atoms with Gasteiger partial charge in [0.15, 0.2) is 7.14 Å². The van der Waals surface area contributed by atoms with Crippen LogP contribution in [0.2, 0.25) is 0 Å². The minimum atomic E-state index is -3.19. The van der Waals surface area contributed by atoms with Gasteiger partial charge in [0.2, 0.25) is 0 Å². The first kappa shape index (κ1) is 18.9. The molecular formula is C18H22N3O3P. The lowest BCUT2D eigenvalue weighted by atomic mass is 10.4. The number of amides is 1. The highest BCUT2D eigenvalue weighted by Crippen LogP contribution is 2.46. The van der Waals surface area contributed by atoms with Gasteiger partial charge < -0.3 is 15.0 Å². The topological polar surface area (TPSA) is 93.8 Å². The molecule has 1 atom stereocenters. The zero-order valence-electron chi connectivity index (χ0n) is 14.3. The van der Waals surface area contributed by atoms with Crippen molar-refractivity contribution in [2.75, 3.05) is 6.61 Å². The van der Waals surface area contributed by atoms with Gasteiger partial charge in [-0.2, -0.15) is 5.10 Å². The predicted molar refractivity (Wildman–Crippen MR) is 101 cm³/mol. The fourth-order valence-electron chi connectivity index (χ4n) is 2.40. The molecule has 132 valence electrons. The van der Waals surface area contributed by atoms with E-state index >= 15 is 0 Å². The second-order valence-electron chi connectivity index (χ2n) is 5.36. The van der Waals surface area contributed by atoms with Gasteiger partial charge in [-0.25, -0.2) is 10.2 Å². The molecule has 6 nitrogen and oxygen atoms in total. The minimum absolute atomic E-state index is 0.235. The lowest BCUT2D eigenvalue weighted by Crippen LogP contribution is -2.38. The number of nitrogens with one attached hydrogen (secondary N) is 1. The summed E-state index contributed by atoms with van der Waals surface area (Å²) in [6, 6.07) is 18.2. The van der Waals surface area contributed by atoms with E-state index in [9.17, 15) is 9.36 Å². The van der Waals surface area contributed by atoms with Gasteiger partial charge >= 0.3 is 6.09 Å². The summed E-state index contributed by atoms with van der Waals surface area (Å²) in [6.45, 7) is 3.56. The molecule has 2 aromatic carbocycles. The van der Waals surface area contributed by atoms with E-state index in [1.165, 1.54) is 0 Å². The van der Waals surface area contributed by atoms with Gasteiger partial charge in [0, 0.05) is 10.6 Å². The van der Waals surface area contributed by atoms with Gasteiger partial charge in [0.1, 0.15) is 5.78 Å². The van der Waals surface area contributed by atoms with Crippen molar-refractivity contribution in [2.45, 2.75) is 19.6 Å². The van der Waals surface area contributed by atoms with E-state index in [0.29, 0.717) is 16.3 Å². The van der Waals surface area contributed by atoms with Crippen LogP contribution in [0.3, 0.4) is 0 Å². The number of nitrogens with two attached hydrogens (primary N) is 1. The van der Waals surface area contributed by atoms with Gasteiger partial charge in [-0.3, -0.25) is 0 Å². The Bertz CT molecular complexity index is 735. The number of ether oxygens (including phenoxy) is 1. The molecule has 0 heterocycles. The van der Waals surface area contributed by atoms with Crippen LogP contribution in [0.25, 0.3) is 0 Å². The van der Waals surface area contributed by atoms with E-state index in [0.717, 1.165) is 0 Å². The highest BCUT2D eigenvalue weighted by atomic mass is 31.2. The van der Waals surface area contributed by atoms with E-state index in [2.05, 4.69) is 10.5 Å². The third kappa shape index (κ3) is 4.35. The first-order chi connectivity index (χ1) is 12.0. The summed E-state index contributed by atoms with van der Waals surface area (Å²) in [5.74, 6) is -0.876. The maximum absolute atomic E-state index is 14.0. The zero-order valence-corrected chi connectivity index (χ0v) is 15.1. The van der Waals surface area contributed by atoms with Crippen LogP contribution in [0.5, 0.6) is 0 Å². The maximum Gasteiger partial charge on any atom is 0.427 e. The fraction of sp³-hybridized carbons (Fsp3) is 0.222. The van der Waals surface area contributed by atoms with Crippen LogP contribution in [0.15, 0.2) is 65.8 Å². The SMILES string of the molecule is CCOC(=O)N/N=C(\C)C(N)P(=O)(c1ccccc1)c1ccccc1. The highest BCUT2D eigenvalue weighted by Gasteiger charge is 2.36. The highest BCUT2D eigenvalue weighted by molar-refractivity contribution is 7.80. The van der Waals surface area contributed by atoms with Crippen LogP contribution in [0.1, 0.15) is 13.8 Å². The Labute approximate surface area is 147 Å².